The predicted octanol–water partition coefficient (Wildman–Crippen LogP) is 4.07. The number of carboxylic acid groups (broad SMARTS) is 1. The van der Waals surface area contributed by atoms with E-state index in [-0.39, 0.29) is 4.90 Å². The molecule has 0 bridgehead atoms. The van der Waals surface area contributed by atoms with Gasteiger partial charge in [-0.05, 0) is 51.0 Å². The van der Waals surface area contributed by atoms with Crippen LogP contribution in [0.25, 0.3) is 0 Å². The highest BCUT2D eigenvalue weighted by molar-refractivity contribution is 7.89. The minimum atomic E-state index is -3.48. The van der Waals surface area contributed by atoms with Crippen molar-refractivity contribution in [3.63, 3.8) is 0 Å². The molecular formula is C17H26ClNO4S. The van der Waals surface area contributed by atoms with Crippen LogP contribution in [-0.2, 0) is 14.8 Å². The average Bonchev–Trinajstić information content (AvgIpc) is 2.50. The Bertz CT molecular complexity index is 626. The minimum absolute atomic E-state index is 0.211. The number of carboxylic acids is 1. The highest BCUT2D eigenvalue weighted by Gasteiger charge is 2.25. The van der Waals surface area contributed by atoms with Crippen molar-refractivity contribution in [2.24, 2.45) is 5.41 Å². The molecule has 1 rings (SSSR count). The lowest BCUT2D eigenvalue weighted by atomic mass is 9.87. The summed E-state index contributed by atoms with van der Waals surface area (Å²) in [5, 5.41) is 9.53. The molecule has 7 heteroatoms. The number of carbonyl (C=O) groups is 1. The summed E-state index contributed by atoms with van der Waals surface area (Å²) in [6.07, 6.45) is 5.13. The minimum Gasteiger partial charge on any atom is -0.481 e. The van der Waals surface area contributed by atoms with Crippen LogP contribution in [0.1, 0.15) is 52.4 Å². The van der Waals surface area contributed by atoms with Gasteiger partial charge in [0, 0.05) is 11.6 Å². The highest BCUT2D eigenvalue weighted by atomic mass is 35.5. The molecule has 1 aromatic rings. The second kappa shape index (κ2) is 9.39. The quantitative estimate of drug-likeness (QED) is 0.571. The summed E-state index contributed by atoms with van der Waals surface area (Å²) in [6.45, 7) is 3.87. The number of nitrogens with one attached hydrogen (secondary N) is 1. The molecule has 0 radical (unpaired) electrons. The van der Waals surface area contributed by atoms with Crippen LogP contribution in [-0.4, -0.2) is 26.0 Å². The van der Waals surface area contributed by atoms with Crippen molar-refractivity contribution < 1.29 is 18.3 Å². The van der Waals surface area contributed by atoms with Crippen LogP contribution in [0.15, 0.2) is 29.2 Å². The molecule has 0 aliphatic carbocycles. The molecule has 0 saturated heterocycles. The maximum atomic E-state index is 12.0. The van der Waals surface area contributed by atoms with Crippen molar-refractivity contribution >= 4 is 27.6 Å². The Morgan fingerprint density at radius 1 is 1.08 bits per heavy atom. The van der Waals surface area contributed by atoms with Gasteiger partial charge in [-0.3, -0.25) is 4.79 Å². The first-order valence-electron chi connectivity index (χ1n) is 8.14. The number of hydrogen-bond acceptors (Lipinski definition) is 3. The maximum absolute atomic E-state index is 12.0. The molecule has 0 aromatic heterocycles. The van der Waals surface area contributed by atoms with Crippen molar-refractivity contribution in [2.45, 2.75) is 57.3 Å². The number of unbranched alkanes of at least 4 members (excludes halogenated alkanes) is 4. The molecular weight excluding hydrogens is 350 g/mol. The second-order valence-electron chi connectivity index (χ2n) is 6.56. The van der Waals surface area contributed by atoms with Crippen molar-refractivity contribution in [1.29, 1.82) is 0 Å². The zero-order valence-electron chi connectivity index (χ0n) is 14.2. The lowest BCUT2D eigenvalue weighted by molar-refractivity contribution is -0.147. The zero-order chi connectivity index (χ0) is 18.2. The molecule has 0 heterocycles. The number of halogens is 1. The van der Waals surface area contributed by atoms with Crippen LogP contribution in [0.4, 0.5) is 0 Å². The Balaban J connectivity index is 2.18. The van der Waals surface area contributed by atoms with Gasteiger partial charge in [0.2, 0.25) is 10.0 Å². The van der Waals surface area contributed by atoms with Crippen LogP contribution >= 0.6 is 11.6 Å². The fourth-order valence-corrected chi connectivity index (χ4v) is 3.43. The van der Waals surface area contributed by atoms with E-state index in [9.17, 15) is 13.2 Å². The summed E-state index contributed by atoms with van der Waals surface area (Å²) < 4.78 is 26.7. The third-order valence-electron chi connectivity index (χ3n) is 3.97. The molecule has 0 spiro atoms. The number of rotatable bonds is 11. The van der Waals surface area contributed by atoms with Gasteiger partial charge in [-0.15, -0.1) is 0 Å². The van der Waals surface area contributed by atoms with Crippen LogP contribution in [0.2, 0.25) is 5.02 Å². The maximum Gasteiger partial charge on any atom is 0.309 e. The molecule has 2 N–H and O–H groups in total. The van der Waals surface area contributed by atoms with E-state index in [4.69, 9.17) is 16.7 Å². The van der Waals surface area contributed by atoms with Gasteiger partial charge in [-0.1, -0.05) is 37.3 Å². The van der Waals surface area contributed by atoms with Crippen LogP contribution in [0, 0.1) is 5.41 Å². The summed E-state index contributed by atoms with van der Waals surface area (Å²) >= 11 is 5.75. The van der Waals surface area contributed by atoms with Crippen molar-refractivity contribution in [2.75, 3.05) is 6.54 Å². The second-order valence-corrected chi connectivity index (χ2v) is 8.76. The SMILES string of the molecule is CC(C)(CCCCCCCNS(=O)(=O)c1ccc(Cl)cc1)C(=O)O. The van der Waals surface area contributed by atoms with Gasteiger partial charge in [0.1, 0.15) is 0 Å². The number of aliphatic carboxylic acids is 1. The number of hydrogen-bond donors (Lipinski definition) is 2. The largest absolute Gasteiger partial charge is 0.481 e. The van der Waals surface area contributed by atoms with Gasteiger partial charge in [-0.25, -0.2) is 13.1 Å². The van der Waals surface area contributed by atoms with E-state index in [1.165, 1.54) is 12.1 Å². The summed E-state index contributed by atoms with van der Waals surface area (Å²) in [5.41, 5.74) is -0.672. The van der Waals surface area contributed by atoms with E-state index in [2.05, 4.69) is 4.72 Å². The van der Waals surface area contributed by atoms with Crippen LogP contribution < -0.4 is 4.72 Å². The molecule has 0 aliphatic rings. The first kappa shape index (κ1) is 20.9. The number of sulfonamides is 1. The Kier molecular flexibility index (Phi) is 8.19. The van der Waals surface area contributed by atoms with E-state index >= 15 is 0 Å². The van der Waals surface area contributed by atoms with Gasteiger partial charge in [-0.2, -0.15) is 0 Å². The standard InChI is InChI=1S/C17H26ClNO4S/c1-17(2,16(20)21)12-6-4-3-5-7-13-19-24(22,23)15-10-8-14(18)9-11-15/h8-11,19H,3-7,12-13H2,1-2H3,(H,20,21). The molecule has 1 aromatic carbocycles. The van der Waals surface area contributed by atoms with Gasteiger partial charge < -0.3 is 5.11 Å². The van der Waals surface area contributed by atoms with Crippen molar-refractivity contribution in [3.8, 4) is 0 Å². The monoisotopic (exact) mass is 375 g/mol. The molecule has 0 amide bonds. The summed E-state index contributed by atoms with van der Waals surface area (Å²) in [6, 6.07) is 6.06. The zero-order valence-corrected chi connectivity index (χ0v) is 15.8. The molecule has 0 saturated carbocycles. The predicted molar refractivity (Wildman–Crippen MR) is 95.8 cm³/mol. The third kappa shape index (κ3) is 7.20. The van der Waals surface area contributed by atoms with E-state index < -0.39 is 21.4 Å². The van der Waals surface area contributed by atoms with E-state index in [1.807, 2.05) is 0 Å². The molecule has 0 unspecified atom stereocenters. The molecule has 0 fully saturated rings. The summed E-state index contributed by atoms with van der Waals surface area (Å²) in [4.78, 5) is 11.2. The van der Waals surface area contributed by atoms with Crippen molar-refractivity contribution in [3.05, 3.63) is 29.3 Å². The molecule has 136 valence electrons. The van der Waals surface area contributed by atoms with E-state index in [1.54, 1.807) is 26.0 Å². The van der Waals surface area contributed by atoms with Gasteiger partial charge in [0.15, 0.2) is 0 Å². The fourth-order valence-electron chi connectivity index (χ4n) is 2.23. The lowest BCUT2D eigenvalue weighted by Gasteiger charge is -2.18. The molecule has 0 aliphatic heterocycles. The third-order valence-corrected chi connectivity index (χ3v) is 5.70. The van der Waals surface area contributed by atoms with E-state index in [0.717, 1.165) is 32.1 Å². The van der Waals surface area contributed by atoms with Gasteiger partial charge in [0.05, 0.1) is 10.3 Å². The Morgan fingerprint density at radius 2 is 1.62 bits per heavy atom. The first-order chi connectivity index (χ1) is 11.1. The normalized spacial score (nSPS) is 12.3. The first-order valence-corrected chi connectivity index (χ1v) is 10.00. The van der Waals surface area contributed by atoms with E-state index in [0.29, 0.717) is 18.0 Å². The Morgan fingerprint density at radius 3 is 2.21 bits per heavy atom. The smallest absolute Gasteiger partial charge is 0.309 e. The van der Waals surface area contributed by atoms with Crippen LogP contribution in [0.3, 0.4) is 0 Å². The molecule has 5 nitrogen and oxygen atoms in total. The average molecular weight is 376 g/mol. The summed E-state index contributed by atoms with van der Waals surface area (Å²) in [7, 11) is -3.48. The summed E-state index contributed by atoms with van der Waals surface area (Å²) in [5.74, 6) is -0.765. The fraction of sp³-hybridized carbons (Fsp3) is 0.588. The topological polar surface area (TPSA) is 83.5 Å². The Hall–Kier alpha value is -1.11. The lowest BCUT2D eigenvalue weighted by Crippen LogP contribution is -2.24. The highest BCUT2D eigenvalue weighted by Crippen LogP contribution is 2.24. The Labute approximate surface area is 149 Å². The van der Waals surface area contributed by atoms with Gasteiger partial charge >= 0.3 is 5.97 Å². The number of benzene rings is 1. The van der Waals surface area contributed by atoms with Crippen LogP contribution in [0.5, 0.6) is 0 Å². The van der Waals surface area contributed by atoms with Crippen molar-refractivity contribution in [1.82, 2.24) is 4.72 Å². The molecule has 24 heavy (non-hydrogen) atoms. The van der Waals surface area contributed by atoms with Gasteiger partial charge in [0.25, 0.3) is 0 Å². The molecule has 0 atom stereocenters.